The molecule has 0 fully saturated rings. The van der Waals surface area contributed by atoms with Gasteiger partial charge in [0.05, 0.1) is 18.5 Å². The van der Waals surface area contributed by atoms with E-state index in [0.29, 0.717) is 22.9 Å². The van der Waals surface area contributed by atoms with Crippen molar-refractivity contribution in [2.75, 3.05) is 13.7 Å². The highest BCUT2D eigenvalue weighted by atomic mass is 16.5. The minimum Gasteiger partial charge on any atom is -0.468 e. The van der Waals surface area contributed by atoms with E-state index < -0.39 is 17.9 Å². The summed E-state index contributed by atoms with van der Waals surface area (Å²) in [6, 6.07) is -0.472. The van der Waals surface area contributed by atoms with Gasteiger partial charge in [-0.3, -0.25) is 14.4 Å². The fraction of sp³-hybridized carbons (Fsp3) is 0.545. The maximum atomic E-state index is 14.4. The average Bonchev–Trinajstić information content (AvgIpc) is 3.99. The molecule has 0 saturated heterocycles. The van der Waals surface area contributed by atoms with Crippen molar-refractivity contribution in [3.63, 3.8) is 0 Å². The number of esters is 2. The van der Waals surface area contributed by atoms with Gasteiger partial charge >= 0.3 is 11.9 Å². The molecule has 4 N–H and O–H groups in total. The summed E-state index contributed by atoms with van der Waals surface area (Å²) in [5.41, 5.74) is 11.5. The molecule has 346 valence electrons. The first kappa shape index (κ1) is 48.4. The summed E-state index contributed by atoms with van der Waals surface area (Å²) in [5.74, 6) is -0.140. The topological polar surface area (TPSA) is 129 Å². The van der Waals surface area contributed by atoms with Gasteiger partial charge in [0.2, 0.25) is 0 Å². The van der Waals surface area contributed by atoms with Gasteiger partial charge < -0.3 is 29.7 Å². The van der Waals surface area contributed by atoms with Crippen molar-refractivity contribution >= 4 is 47.6 Å². The van der Waals surface area contributed by atoms with Gasteiger partial charge in [0, 0.05) is 56.6 Å². The van der Waals surface area contributed by atoms with Gasteiger partial charge in [0.25, 0.3) is 0 Å². The van der Waals surface area contributed by atoms with E-state index >= 15 is 0 Å². The van der Waals surface area contributed by atoms with Crippen LogP contribution in [-0.2, 0) is 25.5 Å². The molecule has 3 aromatic rings. The predicted octanol–water partition coefficient (Wildman–Crippen LogP) is 8.96. The van der Waals surface area contributed by atoms with E-state index in [1.54, 1.807) is 0 Å². The molecule has 6 rings (SSSR count). The van der Waals surface area contributed by atoms with Gasteiger partial charge in [-0.2, -0.15) is 0 Å². The minimum absolute atomic E-state index is 0.184. The van der Waals surface area contributed by atoms with Crippen LogP contribution in [0, 0.1) is 50.4 Å². The zero-order valence-electron chi connectivity index (χ0n) is 40.8. The lowest BCUT2D eigenvalue weighted by atomic mass is 9.82. The van der Waals surface area contributed by atoms with Crippen LogP contribution in [0.1, 0.15) is 169 Å². The zero-order chi connectivity index (χ0) is 46.4. The lowest BCUT2D eigenvalue weighted by Crippen LogP contribution is -2.39. The molecular formula is C55H76N4O5. The Morgan fingerprint density at radius 3 is 2.12 bits per heavy atom. The highest BCUT2D eigenvalue weighted by Crippen LogP contribution is 2.40. The van der Waals surface area contributed by atoms with Crippen LogP contribution in [0.2, 0.25) is 0 Å². The van der Waals surface area contributed by atoms with Crippen LogP contribution in [0.3, 0.4) is 0 Å². The number of ketones is 1. The van der Waals surface area contributed by atoms with Gasteiger partial charge in [0.15, 0.2) is 5.78 Å². The normalized spacial score (nSPS) is 20.6. The Labute approximate surface area is 381 Å². The van der Waals surface area contributed by atoms with Crippen molar-refractivity contribution in [1.29, 1.82) is 0 Å². The summed E-state index contributed by atoms with van der Waals surface area (Å²) < 4.78 is 11.1. The Morgan fingerprint density at radius 2 is 1.47 bits per heavy atom. The van der Waals surface area contributed by atoms with Gasteiger partial charge in [-0.1, -0.05) is 97.8 Å². The van der Waals surface area contributed by atoms with Crippen LogP contribution in [0.15, 0.2) is 29.5 Å². The van der Waals surface area contributed by atoms with Crippen molar-refractivity contribution < 1.29 is 23.9 Å². The van der Waals surface area contributed by atoms with Crippen LogP contribution in [0.5, 0.6) is 0 Å². The smallest absolute Gasteiger partial charge is 0.320 e. The number of H-pyrrole nitrogens is 3. The number of nitrogens with one attached hydrogen (secondary N) is 4. The summed E-state index contributed by atoms with van der Waals surface area (Å²) in [5, 5.41) is 7.08. The van der Waals surface area contributed by atoms with E-state index in [4.69, 9.17) is 9.47 Å². The molecule has 0 saturated carbocycles. The molecular weight excluding hydrogens is 797 g/mol. The lowest BCUT2D eigenvalue weighted by molar-refractivity contribution is -0.143. The summed E-state index contributed by atoms with van der Waals surface area (Å²) in [4.78, 5) is 52.4. The number of rotatable bonds is 20. The molecule has 0 spiro atoms. The summed E-state index contributed by atoms with van der Waals surface area (Å²) in [6.07, 6.45) is 23.1. The molecule has 2 unspecified atom stereocenters. The number of methoxy groups -OCH3 is 1. The van der Waals surface area contributed by atoms with Crippen molar-refractivity contribution in [1.82, 2.24) is 20.3 Å². The molecule has 0 amide bonds. The van der Waals surface area contributed by atoms with Crippen molar-refractivity contribution in [3.8, 4) is 0 Å². The summed E-state index contributed by atoms with van der Waals surface area (Å²) in [7, 11) is 1.33. The Bertz CT molecular complexity index is 2560. The maximum Gasteiger partial charge on any atom is 0.320 e. The molecule has 9 heteroatoms. The average molecular weight is 873 g/mol. The lowest BCUT2D eigenvalue weighted by Gasteiger charge is -2.26. The largest absolute Gasteiger partial charge is 0.468 e. The number of Topliss-reactive ketones (excluding diaryl/α,β-unsaturated/α-hetero) is 1. The highest BCUT2D eigenvalue weighted by molar-refractivity contribution is 6.19. The number of fused-ring (bicyclic) bond motifs is 8. The molecule has 8 bridgehead atoms. The molecule has 5 heterocycles. The van der Waals surface area contributed by atoms with Crippen molar-refractivity contribution in [2.24, 2.45) is 29.6 Å². The van der Waals surface area contributed by atoms with Gasteiger partial charge in [0.1, 0.15) is 12.5 Å². The fourth-order valence-corrected chi connectivity index (χ4v) is 10.5. The van der Waals surface area contributed by atoms with Gasteiger partial charge in [-0.15, -0.1) is 0 Å². The van der Waals surface area contributed by atoms with Crippen LogP contribution < -0.4 is 26.7 Å². The predicted molar refractivity (Wildman–Crippen MR) is 261 cm³/mol. The quantitative estimate of drug-likeness (QED) is 0.0510. The molecule has 0 radical (unpaired) electrons. The third-order valence-electron chi connectivity index (χ3n) is 14.6. The first-order chi connectivity index (χ1) is 30.6. The zero-order valence-corrected chi connectivity index (χ0v) is 40.8. The number of aromatic amines is 3. The molecule has 1 aliphatic carbocycles. The highest BCUT2D eigenvalue weighted by Gasteiger charge is 2.47. The molecule has 64 heavy (non-hydrogen) atoms. The second kappa shape index (κ2) is 21.3. The Balaban J connectivity index is 1.22. The third-order valence-corrected chi connectivity index (χ3v) is 14.6. The van der Waals surface area contributed by atoms with E-state index in [0.717, 1.165) is 98.0 Å². The van der Waals surface area contributed by atoms with Gasteiger partial charge in [-0.05, 0) is 136 Å². The minimum atomic E-state index is -1.12. The molecule has 2 aliphatic heterocycles. The number of carbonyl (C=O) groups is 3. The molecule has 5 atom stereocenters. The molecule has 3 aromatic heterocycles. The number of ether oxygens (including phenoxy) is 2. The number of carbonyl (C=O) groups excluding carboxylic acids is 3. The van der Waals surface area contributed by atoms with E-state index in [2.05, 4.69) is 107 Å². The fourth-order valence-electron chi connectivity index (χ4n) is 10.5. The van der Waals surface area contributed by atoms with Crippen LogP contribution in [0.4, 0.5) is 0 Å². The SMILES string of the molecule is C=Cc1c(C)/c2[nH]/c1=C\c1[nH]c(c(CC)c1C)/C=c1\[nH]c3c(c1C)C(=O)[C@H](C(=O)OC)C=3C1NC(=C(C)[C@@H]1CCC(=O)OC/C=C(\C)CCCC(C)CCC[C@H](C)CCCC(C)C)\C=2. The summed E-state index contributed by atoms with van der Waals surface area (Å²) in [6.45, 7) is 26.3. The molecule has 3 aliphatic rings. The monoisotopic (exact) mass is 873 g/mol. The van der Waals surface area contributed by atoms with E-state index in [9.17, 15) is 14.4 Å². The first-order valence-corrected chi connectivity index (χ1v) is 24.2. The maximum absolute atomic E-state index is 14.4. The Hall–Kier alpha value is -5.05. The van der Waals surface area contributed by atoms with Crippen LogP contribution in [-0.4, -0.2) is 52.4 Å². The van der Waals surface area contributed by atoms with Crippen molar-refractivity contribution in [3.05, 3.63) is 95.7 Å². The second-order valence-corrected chi connectivity index (χ2v) is 19.7. The van der Waals surface area contributed by atoms with E-state index in [1.807, 2.05) is 19.1 Å². The first-order valence-electron chi connectivity index (χ1n) is 24.2. The molecule has 0 aromatic carbocycles. The number of hydrogen-bond acceptors (Lipinski definition) is 6. The van der Waals surface area contributed by atoms with Crippen LogP contribution in [0.25, 0.3) is 29.9 Å². The number of allylic oxidation sites excluding steroid dienone is 2. The molecule has 9 nitrogen and oxygen atoms in total. The van der Waals surface area contributed by atoms with E-state index in [-0.39, 0.29) is 30.7 Å². The number of aromatic nitrogens is 3. The van der Waals surface area contributed by atoms with Crippen LogP contribution >= 0.6 is 0 Å². The Morgan fingerprint density at radius 1 is 0.812 bits per heavy atom. The van der Waals surface area contributed by atoms with Crippen molar-refractivity contribution in [2.45, 2.75) is 152 Å². The van der Waals surface area contributed by atoms with E-state index in [1.165, 1.54) is 63.2 Å². The number of hydrogen-bond donors (Lipinski definition) is 4. The Kier molecular flexibility index (Phi) is 16.1. The van der Waals surface area contributed by atoms with Gasteiger partial charge in [-0.25, -0.2) is 0 Å². The summed E-state index contributed by atoms with van der Waals surface area (Å²) >= 11 is 0. The second-order valence-electron chi connectivity index (χ2n) is 19.7. The standard InChI is InChI=1S/C55H76N4O5/c1-13-39-35(8)42-28-44-37(10)41(24-25-48(60)64-27-26-34(7)23-17-22-33(6)21-16-20-32(5)19-15-18-31(3)4)52(58-44)50-51(55(62)63-12)54(61)49-38(11)45(59-53(49)50)30-47-40(14-2)36(9)43(57-47)29-46(39)56-42/h13,26,28-33,41,51-52,56-59H,1,14-25,27H2,2-12H3/b34-26+,42-28-,45-30-,46-29-/t32-,33?,41+,51-,52?/m1/s1. The third kappa shape index (κ3) is 10.6.